The Morgan fingerprint density at radius 3 is 0.745 bits per heavy atom. The van der Waals surface area contributed by atoms with Crippen LogP contribution in [0.4, 0.5) is 0 Å². The van der Waals surface area contributed by atoms with Gasteiger partial charge in [-0.05, 0) is 129 Å². The van der Waals surface area contributed by atoms with Crippen LogP contribution in [0.1, 0.15) is 135 Å². The molecule has 0 spiro atoms. The van der Waals surface area contributed by atoms with Gasteiger partial charge in [0.2, 0.25) is 0 Å². The maximum absolute atomic E-state index is 6.45. The van der Waals surface area contributed by atoms with Crippen LogP contribution < -0.4 is 17.2 Å². The van der Waals surface area contributed by atoms with E-state index in [4.69, 9.17) is 52.0 Å². The molecule has 0 radical (unpaired) electrons. The summed E-state index contributed by atoms with van der Waals surface area (Å²) in [7, 11) is 0. The zero-order chi connectivity index (χ0) is 37.4. The fourth-order valence-electron chi connectivity index (χ4n) is 8.84. The third-order valence-electron chi connectivity index (χ3n) is 12.3. The Morgan fingerprint density at radius 1 is 0.412 bits per heavy atom. The van der Waals surface area contributed by atoms with Crippen LogP contribution in [0.2, 0.25) is 15.1 Å². The summed E-state index contributed by atoms with van der Waals surface area (Å²) in [6, 6.07) is 25.7. The Labute approximate surface area is 325 Å². The molecule has 3 atom stereocenters. The quantitative estimate of drug-likeness (QED) is 0.172. The molecule has 3 nitrogen and oxygen atoms in total. The largest absolute Gasteiger partial charge is 0.327 e. The standard InChI is InChI=1S/3C15H22ClN/c3*1-11(2)10-14(17)15(8-3-9-15)12-4-6-13(16)7-5-12/h3*4-7,11,14H,3,8-10,17H2,1-2H3/t2*14-;/m11./s1. The van der Waals surface area contributed by atoms with Gasteiger partial charge in [-0.25, -0.2) is 0 Å². The molecule has 282 valence electrons. The van der Waals surface area contributed by atoms with E-state index in [1.165, 1.54) is 74.5 Å². The van der Waals surface area contributed by atoms with Crippen molar-refractivity contribution in [2.24, 2.45) is 35.0 Å². The van der Waals surface area contributed by atoms with Gasteiger partial charge in [-0.3, -0.25) is 0 Å². The molecular formula is C45H66Cl3N3. The summed E-state index contributed by atoms with van der Waals surface area (Å²) < 4.78 is 0. The van der Waals surface area contributed by atoms with Crippen molar-refractivity contribution in [1.29, 1.82) is 0 Å². The van der Waals surface area contributed by atoms with Gasteiger partial charge in [-0.1, -0.05) is 132 Å². The van der Waals surface area contributed by atoms with Gasteiger partial charge in [0, 0.05) is 49.4 Å². The minimum absolute atomic E-state index is 0.217. The maximum atomic E-state index is 6.45. The average Bonchev–Trinajstić information content (AvgIpc) is 2.98. The molecule has 3 aliphatic rings. The molecular weight excluding hydrogens is 689 g/mol. The molecule has 0 amide bonds. The maximum Gasteiger partial charge on any atom is 0.0406 e. The van der Waals surface area contributed by atoms with E-state index in [2.05, 4.69) is 77.9 Å². The van der Waals surface area contributed by atoms with Crippen molar-refractivity contribution in [3.8, 4) is 0 Å². The smallest absolute Gasteiger partial charge is 0.0406 e. The van der Waals surface area contributed by atoms with Crippen LogP contribution in [0.3, 0.4) is 0 Å². The molecule has 3 fully saturated rings. The third-order valence-corrected chi connectivity index (χ3v) is 13.1. The number of halogens is 3. The van der Waals surface area contributed by atoms with E-state index in [1.807, 2.05) is 36.4 Å². The van der Waals surface area contributed by atoms with Crippen molar-refractivity contribution >= 4 is 34.8 Å². The van der Waals surface area contributed by atoms with E-state index in [0.29, 0.717) is 17.8 Å². The lowest BCUT2D eigenvalue weighted by Gasteiger charge is -2.47. The lowest BCUT2D eigenvalue weighted by molar-refractivity contribution is 0.178. The van der Waals surface area contributed by atoms with Crippen molar-refractivity contribution in [2.45, 2.75) is 153 Å². The van der Waals surface area contributed by atoms with Gasteiger partial charge in [-0.2, -0.15) is 0 Å². The number of benzene rings is 3. The first kappa shape index (κ1) is 42.2. The minimum atomic E-state index is 0.217. The lowest BCUT2D eigenvalue weighted by Crippen LogP contribution is -2.50. The summed E-state index contributed by atoms with van der Waals surface area (Å²) >= 11 is 17.9. The Morgan fingerprint density at radius 2 is 0.608 bits per heavy atom. The second-order valence-corrected chi connectivity index (χ2v) is 18.6. The molecule has 6 rings (SSSR count). The van der Waals surface area contributed by atoms with Crippen molar-refractivity contribution < 1.29 is 0 Å². The Hall–Kier alpha value is -1.59. The van der Waals surface area contributed by atoms with Crippen molar-refractivity contribution in [1.82, 2.24) is 0 Å². The molecule has 0 aliphatic heterocycles. The molecule has 3 saturated carbocycles. The zero-order valence-electron chi connectivity index (χ0n) is 32.2. The molecule has 51 heavy (non-hydrogen) atoms. The highest BCUT2D eigenvalue weighted by Gasteiger charge is 2.45. The number of rotatable bonds is 12. The molecule has 1 unspecified atom stereocenters. The van der Waals surface area contributed by atoms with E-state index in [1.54, 1.807) is 0 Å². The number of nitrogens with two attached hydrogens (primary N) is 3. The van der Waals surface area contributed by atoms with E-state index in [0.717, 1.165) is 34.3 Å². The molecule has 3 aliphatic carbocycles. The first-order chi connectivity index (χ1) is 24.1. The third kappa shape index (κ3) is 10.3. The predicted octanol–water partition coefficient (Wildman–Crippen LogP) is 12.4. The van der Waals surface area contributed by atoms with Gasteiger partial charge in [0.05, 0.1) is 0 Å². The second kappa shape index (κ2) is 18.6. The molecule has 0 bridgehead atoms. The van der Waals surface area contributed by atoms with E-state index in [9.17, 15) is 0 Å². The van der Waals surface area contributed by atoms with E-state index < -0.39 is 0 Å². The summed E-state index contributed by atoms with van der Waals surface area (Å²) in [5, 5.41) is 2.42. The molecule has 6 N–H and O–H groups in total. The summed E-state index contributed by atoms with van der Waals surface area (Å²) in [5.41, 5.74) is 24.1. The Bertz CT molecular complexity index is 1270. The number of hydrogen-bond donors (Lipinski definition) is 3. The Balaban J connectivity index is 0.000000172. The van der Waals surface area contributed by atoms with Crippen molar-refractivity contribution in [2.75, 3.05) is 0 Å². The first-order valence-electron chi connectivity index (χ1n) is 19.7. The highest BCUT2D eigenvalue weighted by Crippen LogP contribution is 2.49. The lowest BCUT2D eigenvalue weighted by atomic mass is 9.59. The van der Waals surface area contributed by atoms with Crippen molar-refractivity contribution in [3.05, 3.63) is 105 Å². The van der Waals surface area contributed by atoms with Crippen LogP contribution in [-0.4, -0.2) is 18.1 Å². The fourth-order valence-corrected chi connectivity index (χ4v) is 9.22. The minimum Gasteiger partial charge on any atom is -0.327 e. The van der Waals surface area contributed by atoms with Gasteiger partial charge in [0.15, 0.2) is 0 Å². The van der Waals surface area contributed by atoms with Crippen LogP contribution >= 0.6 is 34.8 Å². The molecule has 0 saturated heterocycles. The average molecular weight is 755 g/mol. The first-order valence-corrected chi connectivity index (χ1v) is 20.8. The topological polar surface area (TPSA) is 78.1 Å². The van der Waals surface area contributed by atoms with E-state index in [-0.39, 0.29) is 34.4 Å². The highest BCUT2D eigenvalue weighted by molar-refractivity contribution is 6.31. The van der Waals surface area contributed by atoms with Crippen LogP contribution in [0, 0.1) is 17.8 Å². The van der Waals surface area contributed by atoms with Crippen LogP contribution in [0.15, 0.2) is 72.8 Å². The van der Waals surface area contributed by atoms with Crippen LogP contribution in [-0.2, 0) is 16.2 Å². The molecule has 6 heteroatoms. The summed E-state index contributed by atoms with van der Waals surface area (Å²) in [5.74, 6) is 1.99. The van der Waals surface area contributed by atoms with Gasteiger partial charge < -0.3 is 17.2 Å². The number of hydrogen-bond acceptors (Lipinski definition) is 3. The molecule has 0 aromatic heterocycles. The zero-order valence-corrected chi connectivity index (χ0v) is 34.5. The Kier molecular flexibility index (Phi) is 15.4. The monoisotopic (exact) mass is 753 g/mol. The summed E-state index contributed by atoms with van der Waals surface area (Å²) in [6.07, 6.45) is 14.5. The summed E-state index contributed by atoms with van der Waals surface area (Å²) in [4.78, 5) is 0. The van der Waals surface area contributed by atoms with Crippen LogP contribution in [0.5, 0.6) is 0 Å². The van der Waals surface area contributed by atoms with Gasteiger partial charge >= 0.3 is 0 Å². The van der Waals surface area contributed by atoms with E-state index >= 15 is 0 Å². The molecule has 0 heterocycles. The highest BCUT2D eigenvalue weighted by atomic mass is 35.5. The molecule has 3 aromatic rings. The molecule has 3 aromatic carbocycles. The van der Waals surface area contributed by atoms with Crippen LogP contribution in [0.25, 0.3) is 0 Å². The predicted molar refractivity (Wildman–Crippen MR) is 223 cm³/mol. The van der Waals surface area contributed by atoms with Gasteiger partial charge in [0.25, 0.3) is 0 Å². The van der Waals surface area contributed by atoms with Crippen molar-refractivity contribution in [3.63, 3.8) is 0 Å². The second-order valence-electron chi connectivity index (χ2n) is 17.3. The van der Waals surface area contributed by atoms with Gasteiger partial charge in [0.1, 0.15) is 0 Å². The fraction of sp³-hybridized carbons (Fsp3) is 0.600. The SMILES string of the molecule is CC(C)CC(N)C1(c2ccc(Cl)cc2)CCC1.CC(C)C[C@@H](N)C1(c2ccc(Cl)cc2)CCC1.CC(C)C[C@@H](N)C1(c2ccc(Cl)cc2)CCC1. The summed E-state index contributed by atoms with van der Waals surface area (Å²) in [6.45, 7) is 13.5. The normalized spacial score (nSPS) is 20.1. The van der Waals surface area contributed by atoms with Gasteiger partial charge in [-0.15, -0.1) is 0 Å².